The minimum absolute atomic E-state index is 0.433. The molecule has 7 heteroatoms. The summed E-state index contributed by atoms with van der Waals surface area (Å²) in [5, 5.41) is 4.73. The van der Waals surface area contributed by atoms with Crippen LogP contribution in [0.2, 0.25) is 0 Å². The van der Waals surface area contributed by atoms with Crippen LogP contribution in [0.5, 0.6) is 0 Å². The number of hydrogen-bond donors (Lipinski definition) is 1. The normalized spacial score (nSPS) is 16.3. The summed E-state index contributed by atoms with van der Waals surface area (Å²) in [6.45, 7) is 7.60. The van der Waals surface area contributed by atoms with Gasteiger partial charge in [0.05, 0.1) is 5.39 Å². The van der Waals surface area contributed by atoms with Gasteiger partial charge in [0.2, 0.25) is 0 Å². The second-order valence-electron chi connectivity index (χ2n) is 8.40. The van der Waals surface area contributed by atoms with E-state index in [9.17, 15) is 0 Å². The van der Waals surface area contributed by atoms with Crippen molar-refractivity contribution in [2.24, 2.45) is 0 Å². The van der Waals surface area contributed by atoms with Gasteiger partial charge in [0.25, 0.3) is 0 Å². The summed E-state index contributed by atoms with van der Waals surface area (Å²) < 4.78 is 0. The van der Waals surface area contributed by atoms with E-state index in [1.54, 1.807) is 17.5 Å². The number of hydrogen-bond acceptors (Lipinski definition) is 7. The molecule has 1 N–H and O–H groups in total. The number of pyridine rings is 1. The summed E-state index contributed by atoms with van der Waals surface area (Å²) in [5.41, 5.74) is 2.13. The van der Waals surface area contributed by atoms with Crippen molar-refractivity contribution in [3.8, 4) is 21.8 Å². The third kappa shape index (κ3) is 4.50. The Balaban J connectivity index is 1.47. The maximum absolute atomic E-state index is 4.92. The number of aromatic nitrogens is 3. The van der Waals surface area contributed by atoms with Crippen molar-refractivity contribution in [2.75, 3.05) is 45.1 Å². The van der Waals surface area contributed by atoms with Crippen LogP contribution in [-0.2, 0) is 0 Å². The number of nitrogens with one attached hydrogen (secondary N) is 1. The Morgan fingerprint density at radius 1 is 1.00 bits per heavy atom. The lowest BCUT2D eigenvalue weighted by atomic mass is 10.2. The molecule has 4 aromatic rings. The molecule has 4 heterocycles. The minimum atomic E-state index is 0.433. The molecule has 0 radical (unpaired) electrons. The predicted molar refractivity (Wildman–Crippen MR) is 133 cm³/mol. The highest BCUT2D eigenvalue weighted by atomic mass is 32.1. The van der Waals surface area contributed by atoms with E-state index in [4.69, 9.17) is 9.97 Å². The predicted octanol–water partition coefficient (Wildman–Crippen LogP) is 4.47. The van der Waals surface area contributed by atoms with Gasteiger partial charge in [-0.2, -0.15) is 0 Å². The molecule has 0 amide bonds. The fourth-order valence-corrected chi connectivity index (χ4v) is 5.10. The molecule has 1 aliphatic heterocycles. The first-order valence-electron chi connectivity index (χ1n) is 11.1. The molecule has 1 aromatic carbocycles. The number of benzene rings is 1. The van der Waals surface area contributed by atoms with Crippen molar-refractivity contribution in [2.45, 2.75) is 13.0 Å². The van der Waals surface area contributed by atoms with Crippen molar-refractivity contribution < 1.29 is 0 Å². The van der Waals surface area contributed by atoms with Gasteiger partial charge in [0.1, 0.15) is 10.6 Å². The summed E-state index contributed by atoms with van der Waals surface area (Å²) in [5.74, 6) is 1.61. The molecule has 0 aliphatic carbocycles. The molecule has 5 rings (SSSR count). The third-order valence-corrected chi connectivity index (χ3v) is 7.17. The van der Waals surface area contributed by atoms with Crippen LogP contribution in [-0.4, -0.2) is 70.6 Å². The summed E-state index contributed by atoms with van der Waals surface area (Å²) in [6.07, 6.45) is 3.60. The molecule has 1 aliphatic rings. The van der Waals surface area contributed by atoms with Gasteiger partial charge >= 0.3 is 0 Å². The van der Waals surface area contributed by atoms with E-state index in [1.807, 2.05) is 24.4 Å². The SMILES string of the molecule is CC(CNc1nc(-c2cccnc2)nc2sc(-c3ccccc3)cc12)N1CCN(C)CC1. The average molecular weight is 445 g/mol. The number of fused-ring (bicyclic) bond motifs is 1. The zero-order valence-corrected chi connectivity index (χ0v) is 19.3. The quantitative estimate of drug-likeness (QED) is 0.474. The van der Waals surface area contributed by atoms with Gasteiger partial charge in [-0.1, -0.05) is 30.3 Å². The van der Waals surface area contributed by atoms with E-state index in [1.165, 1.54) is 10.4 Å². The van der Waals surface area contributed by atoms with Crippen LogP contribution in [0.4, 0.5) is 5.82 Å². The van der Waals surface area contributed by atoms with Crippen molar-refractivity contribution in [3.05, 3.63) is 60.9 Å². The number of nitrogens with zero attached hydrogens (tertiary/aromatic N) is 5. The standard InChI is InChI=1S/C25H28N6S/c1-18(31-13-11-30(2)12-14-31)16-27-24-21-15-22(19-7-4-3-5-8-19)32-25(21)29-23(28-24)20-9-6-10-26-17-20/h3-10,15,17-18H,11-14,16H2,1-2H3,(H,27,28,29). The Morgan fingerprint density at radius 3 is 2.53 bits per heavy atom. The highest BCUT2D eigenvalue weighted by Gasteiger charge is 2.20. The average Bonchev–Trinajstić information content (AvgIpc) is 3.28. The van der Waals surface area contributed by atoms with E-state index in [0.29, 0.717) is 11.9 Å². The topological polar surface area (TPSA) is 57.2 Å². The maximum Gasteiger partial charge on any atom is 0.164 e. The van der Waals surface area contributed by atoms with E-state index < -0.39 is 0 Å². The Hall–Kier alpha value is -2.87. The summed E-state index contributed by atoms with van der Waals surface area (Å²) in [7, 11) is 2.19. The van der Waals surface area contributed by atoms with Crippen LogP contribution in [0.15, 0.2) is 60.9 Å². The highest BCUT2D eigenvalue weighted by molar-refractivity contribution is 7.21. The number of rotatable bonds is 6. The lowest BCUT2D eigenvalue weighted by Crippen LogP contribution is -2.49. The molecular weight excluding hydrogens is 416 g/mol. The molecule has 32 heavy (non-hydrogen) atoms. The van der Waals surface area contributed by atoms with Crippen LogP contribution >= 0.6 is 11.3 Å². The van der Waals surface area contributed by atoms with E-state index >= 15 is 0 Å². The summed E-state index contributed by atoms with van der Waals surface area (Å²) in [6, 6.07) is 17.1. The molecule has 6 nitrogen and oxygen atoms in total. The first-order chi connectivity index (χ1) is 15.7. The summed E-state index contributed by atoms with van der Waals surface area (Å²) in [4.78, 5) is 21.2. The summed E-state index contributed by atoms with van der Waals surface area (Å²) >= 11 is 1.71. The molecule has 1 saturated heterocycles. The number of piperazine rings is 1. The molecule has 0 spiro atoms. The number of anilines is 1. The zero-order chi connectivity index (χ0) is 21.9. The second kappa shape index (κ2) is 9.32. The molecule has 0 saturated carbocycles. The van der Waals surface area contributed by atoms with Crippen molar-refractivity contribution >= 4 is 27.4 Å². The van der Waals surface area contributed by atoms with Gasteiger partial charge in [-0.05, 0) is 37.7 Å². The first-order valence-corrected chi connectivity index (χ1v) is 11.9. The molecule has 164 valence electrons. The zero-order valence-electron chi connectivity index (χ0n) is 18.5. The van der Waals surface area contributed by atoms with Crippen molar-refractivity contribution in [1.82, 2.24) is 24.8 Å². The second-order valence-corrected chi connectivity index (χ2v) is 9.43. The molecular formula is C25H28N6S. The van der Waals surface area contributed by atoms with E-state index in [-0.39, 0.29) is 0 Å². The fraction of sp³-hybridized carbons (Fsp3) is 0.320. The van der Waals surface area contributed by atoms with Crippen LogP contribution in [0, 0.1) is 0 Å². The number of likely N-dealkylation sites (N-methyl/N-ethyl adjacent to an activating group) is 1. The van der Waals surface area contributed by atoms with Gasteiger partial charge in [0.15, 0.2) is 5.82 Å². The van der Waals surface area contributed by atoms with Crippen LogP contribution < -0.4 is 5.32 Å². The van der Waals surface area contributed by atoms with Gasteiger partial charge in [-0.25, -0.2) is 9.97 Å². The highest BCUT2D eigenvalue weighted by Crippen LogP contribution is 2.36. The Labute approximate surface area is 193 Å². The Morgan fingerprint density at radius 2 is 1.78 bits per heavy atom. The first kappa shape index (κ1) is 21.0. The third-order valence-electron chi connectivity index (χ3n) is 6.10. The smallest absolute Gasteiger partial charge is 0.164 e. The van der Waals surface area contributed by atoms with Gasteiger partial charge < -0.3 is 10.2 Å². The van der Waals surface area contributed by atoms with E-state index in [0.717, 1.165) is 54.3 Å². The molecule has 1 atom stereocenters. The maximum atomic E-state index is 4.92. The van der Waals surface area contributed by atoms with Crippen LogP contribution in [0.1, 0.15) is 6.92 Å². The van der Waals surface area contributed by atoms with E-state index in [2.05, 4.69) is 64.4 Å². The Kier molecular flexibility index (Phi) is 6.12. The van der Waals surface area contributed by atoms with Gasteiger partial charge in [-0.3, -0.25) is 9.88 Å². The molecule has 1 fully saturated rings. The lowest BCUT2D eigenvalue weighted by Gasteiger charge is -2.36. The minimum Gasteiger partial charge on any atom is -0.368 e. The molecule has 0 bridgehead atoms. The fourth-order valence-electron chi connectivity index (χ4n) is 4.06. The molecule has 3 aromatic heterocycles. The van der Waals surface area contributed by atoms with Crippen molar-refractivity contribution in [3.63, 3.8) is 0 Å². The van der Waals surface area contributed by atoms with Crippen LogP contribution in [0.3, 0.4) is 0 Å². The van der Waals surface area contributed by atoms with Crippen molar-refractivity contribution in [1.29, 1.82) is 0 Å². The Bertz CT molecular complexity index is 1170. The largest absolute Gasteiger partial charge is 0.368 e. The number of thiophene rings is 1. The molecule has 1 unspecified atom stereocenters. The van der Waals surface area contributed by atoms with Gasteiger partial charge in [0, 0.05) is 61.6 Å². The van der Waals surface area contributed by atoms with Crippen LogP contribution in [0.25, 0.3) is 32.0 Å². The lowest BCUT2D eigenvalue weighted by molar-refractivity contribution is 0.123. The monoisotopic (exact) mass is 444 g/mol. The van der Waals surface area contributed by atoms with Gasteiger partial charge in [-0.15, -0.1) is 11.3 Å².